The zero-order valence-corrected chi connectivity index (χ0v) is 34.6. The average molecular weight is 893 g/mol. The minimum atomic E-state index is -1.30. The van der Waals surface area contributed by atoms with Crippen molar-refractivity contribution in [2.24, 2.45) is 0 Å². The molecule has 20 rings (SSSR count). The predicted octanol–water partition coefficient (Wildman–Crippen LogP) is 10.2. The Morgan fingerprint density at radius 3 is 0.797 bits per heavy atom. The number of aliphatic carboxylic acids is 4. The Labute approximate surface area is 358 Å². The molecular weight excluding hydrogens is 869 g/mol. The summed E-state index contributed by atoms with van der Waals surface area (Å²) < 4.78 is 0. The van der Waals surface area contributed by atoms with E-state index < -0.39 is 53.5 Å². The Hall–Kier alpha value is -4.97. The third-order valence-corrected chi connectivity index (χ3v) is 18.3. The van der Waals surface area contributed by atoms with Gasteiger partial charge in [0.25, 0.3) is 0 Å². The van der Waals surface area contributed by atoms with E-state index in [9.17, 15) is 49.5 Å². The summed E-state index contributed by atoms with van der Waals surface area (Å²) in [6, 6.07) is 27.6. The number of aromatic carboxylic acids is 1. The fraction of sp³-hybridized carbons (Fsp3) is 0.0930. The first-order valence-electron chi connectivity index (χ1n) is 17.8. The maximum absolute atomic E-state index is 12.9. The van der Waals surface area contributed by atoms with Crippen LogP contribution in [0.4, 0.5) is 0 Å². The van der Waals surface area contributed by atoms with Gasteiger partial charge in [-0.1, -0.05) is 89.0 Å². The molecule has 0 radical (unpaired) electrons. The van der Waals surface area contributed by atoms with E-state index in [1.807, 2.05) is 78.9 Å². The highest BCUT2D eigenvalue weighted by Gasteiger charge is 2.49. The maximum Gasteiger partial charge on any atom is 0.335 e. The van der Waals surface area contributed by atoms with Crippen molar-refractivity contribution in [3.63, 3.8) is 0 Å². The zero-order valence-electron chi connectivity index (χ0n) is 29.7. The van der Waals surface area contributed by atoms with Crippen molar-refractivity contribution >= 4 is 94.6 Å². The summed E-state index contributed by atoms with van der Waals surface area (Å²) in [5.74, 6) is -9.65. The molecule has 0 saturated carbocycles. The summed E-state index contributed by atoms with van der Waals surface area (Å²) in [7, 11) is 8.29. The van der Waals surface area contributed by atoms with Gasteiger partial charge in [-0.05, 0) is 111 Å². The molecule has 0 fully saturated rings. The topological polar surface area (TPSA) is 186 Å². The highest BCUT2D eigenvalue weighted by Crippen LogP contribution is 2.60. The summed E-state index contributed by atoms with van der Waals surface area (Å²) in [5.41, 5.74) is 5.09. The summed E-state index contributed by atoms with van der Waals surface area (Å²) in [4.78, 5) is 68.1. The lowest BCUT2D eigenvalue weighted by molar-refractivity contribution is -0.136. The SMILES string of the molecule is O=C(O)C1=C(C(=O)O)[C@@H]2c3ccc4cc3[C@H]1c1ccc(cc12)SSc1ccc2c(c1)[C@@H]1C(C(=O)O)=C(C(=O)O)[C@H]2c2cc(ccc21)SSc1cc(cc(C(=O)O)c1)SS4. The molecule has 16 heteroatoms. The number of carboxylic acid groups (broad SMARTS) is 5. The normalized spacial score (nSPS) is 20.7. The van der Waals surface area contributed by atoms with Crippen molar-refractivity contribution in [2.75, 3.05) is 0 Å². The number of benzene rings is 5. The molecule has 9 aliphatic heterocycles. The van der Waals surface area contributed by atoms with Crippen LogP contribution in [0.15, 0.2) is 143 Å². The summed E-state index contributed by atoms with van der Waals surface area (Å²) in [6.45, 7) is 0. The van der Waals surface area contributed by atoms with E-state index in [1.165, 1.54) is 64.8 Å². The van der Waals surface area contributed by atoms with Gasteiger partial charge in [0.15, 0.2) is 0 Å². The molecule has 9 heterocycles. The van der Waals surface area contributed by atoms with Crippen LogP contribution in [0, 0.1) is 0 Å². The molecule has 10 nitrogen and oxygen atoms in total. The van der Waals surface area contributed by atoms with Crippen LogP contribution >= 0.6 is 64.8 Å². The third kappa shape index (κ3) is 6.14. The van der Waals surface area contributed by atoms with Gasteiger partial charge in [0, 0.05) is 53.0 Å². The summed E-state index contributed by atoms with van der Waals surface area (Å²) >= 11 is 0. The number of carboxylic acids is 5. The summed E-state index contributed by atoms with van der Waals surface area (Å²) in [5, 5.41) is 51.9. The van der Waals surface area contributed by atoms with Gasteiger partial charge in [0.1, 0.15) is 0 Å². The molecule has 0 amide bonds. The van der Waals surface area contributed by atoms with E-state index in [4.69, 9.17) is 0 Å². The van der Waals surface area contributed by atoms with E-state index >= 15 is 0 Å². The molecule has 0 saturated heterocycles. The van der Waals surface area contributed by atoms with E-state index in [1.54, 1.807) is 12.1 Å². The first kappa shape index (κ1) is 38.2. The number of carbonyl (C=O) groups is 5. The average Bonchev–Trinajstić information content (AvgIpc) is 3.22. The minimum absolute atomic E-state index is 0.0831. The van der Waals surface area contributed by atoms with Crippen LogP contribution in [0.5, 0.6) is 0 Å². The maximum atomic E-state index is 12.9. The third-order valence-electron chi connectivity index (χ3n) is 11.2. The minimum Gasteiger partial charge on any atom is -0.478 e. The Kier molecular flexibility index (Phi) is 9.30. The number of hydrogen-bond donors (Lipinski definition) is 5. The van der Waals surface area contributed by atoms with Crippen molar-refractivity contribution in [1.29, 1.82) is 0 Å². The molecule has 0 aromatic heterocycles. The smallest absolute Gasteiger partial charge is 0.335 e. The van der Waals surface area contributed by atoms with Gasteiger partial charge < -0.3 is 25.5 Å². The second-order valence-electron chi connectivity index (χ2n) is 14.3. The van der Waals surface area contributed by atoms with Gasteiger partial charge in [-0.15, -0.1) is 0 Å². The monoisotopic (exact) mass is 892 g/mol. The van der Waals surface area contributed by atoms with E-state index in [0.717, 1.165) is 19.6 Å². The molecule has 6 aliphatic carbocycles. The van der Waals surface area contributed by atoms with Crippen LogP contribution in [-0.4, -0.2) is 55.4 Å². The van der Waals surface area contributed by atoms with Crippen molar-refractivity contribution in [2.45, 2.75) is 53.0 Å². The largest absolute Gasteiger partial charge is 0.478 e. The Morgan fingerprint density at radius 2 is 0.559 bits per heavy atom. The molecule has 59 heavy (non-hydrogen) atoms. The van der Waals surface area contributed by atoms with E-state index in [0.29, 0.717) is 54.3 Å². The molecule has 5 aromatic carbocycles. The Morgan fingerprint density at radius 1 is 0.305 bits per heavy atom. The van der Waals surface area contributed by atoms with Gasteiger partial charge in [0.05, 0.1) is 27.9 Å². The molecule has 5 N–H and O–H groups in total. The fourth-order valence-corrected chi connectivity index (χ4v) is 15.1. The number of rotatable bonds is 5. The lowest BCUT2D eigenvalue weighted by Gasteiger charge is -2.41. The van der Waals surface area contributed by atoms with Crippen LogP contribution in [0.3, 0.4) is 0 Å². The molecule has 0 spiro atoms. The first-order chi connectivity index (χ1) is 28.4. The lowest BCUT2D eigenvalue weighted by atomic mass is 9.61. The van der Waals surface area contributed by atoms with Crippen molar-refractivity contribution in [3.05, 3.63) is 163 Å². The Balaban J connectivity index is 1.13. The molecule has 5 aromatic rings. The lowest BCUT2D eigenvalue weighted by Crippen LogP contribution is -2.34. The fourth-order valence-electron chi connectivity index (χ4n) is 9.04. The molecule has 0 unspecified atom stereocenters. The van der Waals surface area contributed by atoms with Crippen LogP contribution in [-0.2, 0) is 19.2 Å². The van der Waals surface area contributed by atoms with Crippen LogP contribution in [0.1, 0.15) is 78.5 Å². The molecule has 292 valence electrons. The number of hydrogen-bond acceptors (Lipinski definition) is 11. The second kappa shape index (κ2) is 14.3. The van der Waals surface area contributed by atoms with E-state index in [2.05, 4.69) is 0 Å². The standard InChI is InChI=1S/C43H24O10S6/c44-39(45)16-9-21-11-22(10-16)59-57-20-4-8-26-30(15-20)34-24-6-2-18(13-28(24)32(26)36(41(48)49)38(34)43(52)53)55-54-17-1-5-23-27(12-17)31-25-7-3-19(56-58-21)14-29(25)33(23)37(42(50)51)35(31)40(46)47/h1-15,31-34H,(H,44,45)(H,46,47)(H,48,49)(H,50,51)(H,52,53)/t31-,32-,33-,34-/m1/s1. The molecular formula is C43H24O10S6. The van der Waals surface area contributed by atoms with Crippen molar-refractivity contribution in [1.82, 2.24) is 0 Å². The van der Waals surface area contributed by atoms with Gasteiger partial charge in [-0.25, -0.2) is 24.0 Å². The quantitative estimate of drug-likeness (QED) is 0.105. The van der Waals surface area contributed by atoms with Crippen molar-refractivity contribution < 1.29 is 49.5 Å². The second-order valence-corrected chi connectivity index (χ2v) is 21.1. The molecule has 4 atom stereocenters. The summed E-state index contributed by atoms with van der Waals surface area (Å²) in [6.07, 6.45) is 0. The Bertz CT molecular complexity index is 2700. The van der Waals surface area contributed by atoms with Gasteiger partial charge in [0.2, 0.25) is 0 Å². The highest BCUT2D eigenvalue weighted by atomic mass is 33.1. The van der Waals surface area contributed by atoms with Crippen LogP contribution < -0.4 is 0 Å². The van der Waals surface area contributed by atoms with Crippen LogP contribution in [0.25, 0.3) is 0 Å². The molecule has 15 aliphatic rings. The first-order valence-corrected chi connectivity index (χ1v) is 24.2. The predicted molar refractivity (Wildman–Crippen MR) is 226 cm³/mol. The highest BCUT2D eigenvalue weighted by molar-refractivity contribution is 8.77. The van der Waals surface area contributed by atoms with Gasteiger partial charge in [-0.3, -0.25) is 0 Å². The van der Waals surface area contributed by atoms with Crippen molar-refractivity contribution in [3.8, 4) is 0 Å². The van der Waals surface area contributed by atoms with Gasteiger partial charge in [-0.2, -0.15) is 0 Å². The van der Waals surface area contributed by atoms with Crippen LogP contribution in [0.2, 0.25) is 0 Å². The zero-order chi connectivity index (χ0) is 41.0. The molecule has 18 bridgehead atoms. The van der Waals surface area contributed by atoms with E-state index in [-0.39, 0.29) is 27.9 Å². The van der Waals surface area contributed by atoms with Gasteiger partial charge >= 0.3 is 29.8 Å².